The molecule has 1 saturated heterocycles. The summed E-state index contributed by atoms with van der Waals surface area (Å²) in [5.74, 6) is -0.874. The van der Waals surface area contributed by atoms with Crippen LogP contribution in [0.15, 0.2) is 6.33 Å². The second-order valence-electron chi connectivity index (χ2n) is 4.68. The zero-order valence-corrected chi connectivity index (χ0v) is 10.6. The molecule has 0 bridgehead atoms. The molecule has 0 aliphatic carbocycles. The molecule has 8 nitrogen and oxygen atoms in total. The predicted octanol–water partition coefficient (Wildman–Crippen LogP) is -0.0810. The summed E-state index contributed by atoms with van der Waals surface area (Å²) in [7, 11) is 0. The van der Waals surface area contributed by atoms with E-state index in [4.69, 9.17) is 5.11 Å². The van der Waals surface area contributed by atoms with Crippen molar-refractivity contribution in [2.45, 2.75) is 44.7 Å². The molecular formula is C11H17N5O3. The quantitative estimate of drug-likeness (QED) is 0.800. The number of aromatic nitrogens is 4. The number of carbonyl (C=O) groups is 2. The third-order valence-electron chi connectivity index (χ3n) is 3.33. The van der Waals surface area contributed by atoms with Gasteiger partial charge in [0.15, 0.2) is 0 Å². The molecule has 8 heteroatoms. The molecule has 2 rings (SSSR count). The first kappa shape index (κ1) is 13.4. The summed E-state index contributed by atoms with van der Waals surface area (Å²) < 4.78 is 1.38. The maximum atomic E-state index is 12.2. The third kappa shape index (κ3) is 3.73. The van der Waals surface area contributed by atoms with Crippen molar-refractivity contribution in [2.24, 2.45) is 0 Å². The molecule has 0 unspecified atom stereocenters. The fourth-order valence-electron chi connectivity index (χ4n) is 2.40. The van der Waals surface area contributed by atoms with Gasteiger partial charge in [0.25, 0.3) is 0 Å². The second kappa shape index (κ2) is 6.26. The Bertz CT molecular complexity index is 434. The van der Waals surface area contributed by atoms with E-state index in [1.165, 1.54) is 11.0 Å². The first-order valence-electron chi connectivity index (χ1n) is 6.39. The zero-order valence-electron chi connectivity index (χ0n) is 10.6. The van der Waals surface area contributed by atoms with Crippen LogP contribution in [0.25, 0.3) is 0 Å². The fraction of sp³-hybridized carbons (Fsp3) is 0.727. The van der Waals surface area contributed by atoms with Gasteiger partial charge >= 0.3 is 5.97 Å². The van der Waals surface area contributed by atoms with Gasteiger partial charge in [-0.2, -0.15) is 0 Å². The monoisotopic (exact) mass is 267 g/mol. The molecule has 1 aliphatic heterocycles. The van der Waals surface area contributed by atoms with Crippen molar-refractivity contribution in [3.05, 3.63) is 6.33 Å². The summed E-state index contributed by atoms with van der Waals surface area (Å²) in [5, 5.41) is 19.4. The van der Waals surface area contributed by atoms with Gasteiger partial charge in [0.05, 0.1) is 0 Å². The van der Waals surface area contributed by atoms with Gasteiger partial charge in [0, 0.05) is 19.0 Å². The highest BCUT2D eigenvalue weighted by Gasteiger charge is 2.27. The summed E-state index contributed by atoms with van der Waals surface area (Å²) in [6.45, 7) is 0.793. The topological polar surface area (TPSA) is 101 Å². The van der Waals surface area contributed by atoms with Gasteiger partial charge in [-0.15, -0.1) is 5.10 Å². The van der Waals surface area contributed by atoms with Crippen molar-refractivity contribution >= 4 is 11.9 Å². The van der Waals surface area contributed by atoms with E-state index in [1.807, 2.05) is 0 Å². The molecule has 1 aliphatic rings. The van der Waals surface area contributed by atoms with Gasteiger partial charge in [-0.25, -0.2) is 4.68 Å². The normalized spacial score (nSPS) is 19.4. The number of likely N-dealkylation sites (tertiary alicyclic amines) is 1. The Hall–Kier alpha value is -1.99. The summed E-state index contributed by atoms with van der Waals surface area (Å²) in [5.41, 5.74) is 0. The smallest absolute Gasteiger partial charge is 0.303 e. The number of aliphatic carboxylic acids is 1. The van der Waals surface area contributed by atoms with Crippen LogP contribution in [0.4, 0.5) is 0 Å². The van der Waals surface area contributed by atoms with E-state index in [-0.39, 0.29) is 24.9 Å². The number of hydrogen-bond acceptors (Lipinski definition) is 5. The highest BCUT2D eigenvalue weighted by Crippen LogP contribution is 2.21. The van der Waals surface area contributed by atoms with Crippen LogP contribution in [0.1, 0.15) is 32.1 Å². The van der Waals surface area contributed by atoms with Crippen molar-refractivity contribution in [2.75, 3.05) is 6.54 Å². The minimum absolute atomic E-state index is 0.0221. The van der Waals surface area contributed by atoms with Crippen LogP contribution in [-0.4, -0.2) is 54.7 Å². The minimum Gasteiger partial charge on any atom is -0.481 e. The molecule has 1 aromatic rings. The molecule has 1 N–H and O–H groups in total. The number of piperidine rings is 1. The predicted molar refractivity (Wildman–Crippen MR) is 64.0 cm³/mol. The second-order valence-corrected chi connectivity index (χ2v) is 4.68. The molecule has 1 aromatic heterocycles. The number of tetrazole rings is 1. The van der Waals surface area contributed by atoms with Crippen LogP contribution in [-0.2, 0) is 16.1 Å². The highest BCUT2D eigenvalue weighted by molar-refractivity contribution is 5.76. The molecule has 0 spiro atoms. The molecule has 1 atom stereocenters. The Kier molecular flexibility index (Phi) is 4.43. The average Bonchev–Trinajstić information content (AvgIpc) is 2.89. The number of hydrogen-bond donors (Lipinski definition) is 1. The van der Waals surface area contributed by atoms with Crippen LogP contribution in [0.2, 0.25) is 0 Å². The number of nitrogens with zero attached hydrogens (tertiary/aromatic N) is 5. The van der Waals surface area contributed by atoms with Gasteiger partial charge in [-0.3, -0.25) is 9.59 Å². The first-order chi connectivity index (χ1) is 9.16. The summed E-state index contributed by atoms with van der Waals surface area (Å²) in [6, 6.07) is 0.0221. The van der Waals surface area contributed by atoms with E-state index in [2.05, 4.69) is 15.5 Å². The Labute approximate surface area is 110 Å². The lowest BCUT2D eigenvalue weighted by molar-refractivity contribution is -0.140. The van der Waals surface area contributed by atoms with Crippen LogP contribution < -0.4 is 0 Å². The van der Waals surface area contributed by atoms with Gasteiger partial charge in [-0.05, 0) is 36.1 Å². The van der Waals surface area contributed by atoms with Gasteiger partial charge < -0.3 is 10.0 Å². The molecule has 0 saturated carbocycles. The SMILES string of the molecule is O=C(O)CC[C@H]1CCCCN1C(=O)Cn1cnnn1. The van der Waals surface area contributed by atoms with Crippen molar-refractivity contribution in [3.63, 3.8) is 0 Å². The van der Waals surface area contributed by atoms with E-state index in [9.17, 15) is 9.59 Å². The standard InChI is InChI=1S/C11H17N5O3/c17-10(7-15-8-12-13-14-15)16-6-2-1-3-9(16)4-5-11(18)19/h8-9H,1-7H2,(H,18,19)/t9-/m1/s1. The molecule has 19 heavy (non-hydrogen) atoms. The van der Waals surface area contributed by atoms with E-state index in [1.54, 1.807) is 4.90 Å². The number of carboxylic acid groups (broad SMARTS) is 1. The van der Waals surface area contributed by atoms with Crippen LogP contribution in [0.3, 0.4) is 0 Å². The van der Waals surface area contributed by atoms with Crippen LogP contribution in [0.5, 0.6) is 0 Å². The Balaban J connectivity index is 1.94. The Morgan fingerprint density at radius 3 is 2.89 bits per heavy atom. The summed E-state index contributed by atoms with van der Waals surface area (Å²) in [4.78, 5) is 24.6. The van der Waals surface area contributed by atoms with E-state index in [0.29, 0.717) is 13.0 Å². The van der Waals surface area contributed by atoms with Gasteiger partial charge in [0.1, 0.15) is 12.9 Å². The molecule has 0 radical (unpaired) electrons. The van der Waals surface area contributed by atoms with Crippen LogP contribution >= 0.6 is 0 Å². The van der Waals surface area contributed by atoms with Crippen molar-refractivity contribution in [1.82, 2.24) is 25.1 Å². The molecule has 1 fully saturated rings. The van der Waals surface area contributed by atoms with E-state index >= 15 is 0 Å². The summed E-state index contributed by atoms with van der Waals surface area (Å²) in [6.07, 6.45) is 4.88. The number of amides is 1. The Morgan fingerprint density at radius 1 is 1.37 bits per heavy atom. The Morgan fingerprint density at radius 2 is 2.21 bits per heavy atom. The molecular weight excluding hydrogens is 250 g/mol. The zero-order chi connectivity index (χ0) is 13.7. The number of carboxylic acids is 1. The molecule has 1 amide bonds. The first-order valence-corrected chi connectivity index (χ1v) is 6.39. The number of carbonyl (C=O) groups excluding carboxylic acids is 1. The lowest BCUT2D eigenvalue weighted by Crippen LogP contribution is -2.45. The third-order valence-corrected chi connectivity index (χ3v) is 3.33. The van der Waals surface area contributed by atoms with Crippen molar-refractivity contribution in [3.8, 4) is 0 Å². The van der Waals surface area contributed by atoms with Crippen LogP contribution in [0, 0.1) is 0 Å². The van der Waals surface area contributed by atoms with Crippen molar-refractivity contribution in [1.29, 1.82) is 0 Å². The lowest BCUT2D eigenvalue weighted by atomic mass is 9.98. The average molecular weight is 267 g/mol. The van der Waals surface area contributed by atoms with E-state index < -0.39 is 5.97 Å². The number of rotatable bonds is 5. The minimum atomic E-state index is -0.821. The maximum Gasteiger partial charge on any atom is 0.303 e. The highest BCUT2D eigenvalue weighted by atomic mass is 16.4. The lowest BCUT2D eigenvalue weighted by Gasteiger charge is -2.35. The van der Waals surface area contributed by atoms with E-state index in [0.717, 1.165) is 19.3 Å². The van der Waals surface area contributed by atoms with Crippen molar-refractivity contribution < 1.29 is 14.7 Å². The molecule has 0 aromatic carbocycles. The summed E-state index contributed by atoms with van der Waals surface area (Å²) >= 11 is 0. The molecule has 104 valence electrons. The fourth-order valence-corrected chi connectivity index (χ4v) is 2.40. The molecule has 2 heterocycles. The van der Waals surface area contributed by atoms with Gasteiger partial charge in [-0.1, -0.05) is 0 Å². The maximum absolute atomic E-state index is 12.2. The van der Waals surface area contributed by atoms with Gasteiger partial charge in [0.2, 0.25) is 5.91 Å². The largest absolute Gasteiger partial charge is 0.481 e.